The second-order valence-electron chi connectivity index (χ2n) is 4.11. The maximum absolute atomic E-state index is 12.2. The summed E-state index contributed by atoms with van der Waals surface area (Å²) in [6.45, 7) is 0.605. The lowest BCUT2D eigenvalue weighted by atomic mass is 10.2. The molecule has 0 spiro atoms. The van der Waals surface area contributed by atoms with Gasteiger partial charge in [-0.2, -0.15) is 0 Å². The van der Waals surface area contributed by atoms with Gasteiger partial charge in [0.05, 0.1) is 10.6 Å². The van der Waals surface area contributed by atoms with Gasteiger partial charge in [0.25, 0.3) is 10.0 Å². The Balaban J connectivity index is 2.31. The molecule has 0 bridgehead atoms. The summed E-state index contributed by atoms with van der Waals surface area (Å²) < 4.78 is 27.1. The van der Waals surface area contributed by atoms with E-state index in [1.807, 2.05) is 25.2 Å². The molecule has 0 atom stereocenters. The van der Waals surface area contributed by atoms with Gasteiger partial charge in [0.15, 0.2) is 0 Å². The molecule has 100 valence electrons. The van der Waals surface area contributed by atoms with E-state index in [4.69, 9.17) is 0 Å². The van der Waals surface area contributed by atoms with Gasteiger partial charge in [-0.3, -0.25) is 4.72 Å². The number of hydrogen-bond donors (Lipinski definition) is 2. The van der Waals surface area contributed by atoms with Crippen LogP contribution < -0.4 is 10.0 Å². The van der Waals surface area contributed by atoms with Crippen LogP contribution in [-0.2, 0) is 16.6 Å². The fourth-order valence-corrected chi connectivity index (χ4v) is 2.89. The summed E-state index contributed by atoms with van der Waals surface area (Å²) in [6.07, 6.45) is 0. The molecule has 0 fully saturated rings. The van der Waals surface area contributed by atoms with E-state index in [-0.39, 0.29) is 4.90 Å². The number of para-hydroxylation sites is 1. The van der Waals surface area contributed by atoms with Crippen LogP contribution in [0.4, 0.5) is 5.69 Å². The van der Waals surface area contributed by atoms with Gasteiger partial charge in [-0.1, -0.05) is 36.4 Å². The van der Waals surface area contributed by atoms with Crippen molar-refractivity contribution in [3.63, 3.8) is 0 Å². The Morgan fingerprint density at radius 3 is 2.26 bits per heavy atom. The quantitative estimate of drug-likeness (QED) is 0.880. The van der Waals surface area contributed by atoms with Crippen molar-refractivity contribution in [2.45, 2.75) is 11.4 Å². The summed E-state index contributed by atoms with van der Waals surface area (Å²) in [7, 11) is -1.71. The van der Waals surface area contributed by atoms with Gasteiger partial charge in [0, 0.05) is 6.54 Å². The molecule has 5 heteroatoms. The number of hydrogen-bond acceptors (Lipinski definition) is 3. The van der Waals surface area contributed by atoms with E-state index in [1.165, 1.54) is 0 Å². The normalized spacial score (nSPS) is 11.2. The molecule has 0 aliphatic rings. The predicted molar refractivity (Wildman–Crippen MR) is 76.5 cm³/mol. The largest absolute Gasteiger partial charge is 0.316 e. The molecule has 0 amide bonds. The number of sulfonamides is 1. The van der Waals surface area contributed by atoms with Crippen LogP contribution in [0.5, 0.6) is 0 Å². The highest BCUT2D eigenvalue weighted by atomic mass is 32.2. The molecule has 2 rings (SSSR count). The van der Waals surface area contributed by atoms with Crippen molar-refractivity contribution in [1.82, 2.24) is 5.32 Å². The molecule has 19 heavy (non-hydrogen) atoms. The van der Waals surface area contributed by atoms with Gasteiger partial charge in [0.1, 0.15) is 0 Å². The zero-order valence-corrected chi connectivity index (χ0v) is 11.4. The van der Waals surface area contributed by atoms with E-state index < -0.39 is 10.0 Å². The minimum absolute atomic E-state index is 0.259. The first kappa shape index (κ1) is 13.6. The standard InChI is InChI=1S/C14H16N2O2S/c1-15-11-12-7-5-6-10-14(12)16-19(17,18)13-8-3-2-4-9-13/h2-10,15-16H,11H2,1H3. The maximum atomic E-state index is 12.2. The van der Waals surface area contributed by atoms with Gasteiger partial charge in [-0.05, 0) is 30.8 Å². The van der Waals surface area contributed by atoms with Gasteiger partial charge in [0.2, 0.25) is 0 Å². The topological polar surface area (TPSA) is 58.2 Å². The van der Waals surface area contributed by atoms with Crippen LogP contribution in [0.1, 0.15) is 5.56 Å². The summed E-state index contributed by atoms with van der Waals surface area (Å²) >= 11 is 0. The van der Waals surface area contributed by atoms with Crippen molar-refractivity contribution in [2.75, 3.05) is 11.8 Å². The fraction of sp³-hybridized carbons (Fsp3) is 0.143. The van der Waals surface area contributed by atoms with Crippen molar-refractivity contribution in [3.05, 3.63) is 60.2 Å². The van der Waals surface area contributed by atoms with Gasteiger partial charge < -0.3 is 5.32 Å². The highest BCUT2D eigenvalue weighted by Gasteiger charge is 2.14. The van der Waals surface area contributed by atoms with Crippen LogP contribution in [-0.4, -0.2) is 15.5 Å². The van der Waals surface area contributed by atoms with Crippen molar-refractivity contribution in [2.24, 2.45) is 0 Å². The number of rotatable bonds is 5. The lowest BCUT2D eigenvalue weighted by Crippen LogP contribution is -2.15. The lowest BCUT2D eigenvalue weighted by Gasteiger charge is -2.12. The van der Waals surface area contributed by atoms with Gasteiger partial charge >= 0.3 is 0 Å². The molecule has 0 aliphatic heterocycles. The molecule has 0 aromatic heterocycles. The van der Waals surface area contributed by atoms with Crippen LogP contribution >= 0.6 is 0 Å². The first-order valence-corrected chi connectivity index (χ1v) is 7.42. The van der Waals surface area contributed by atoms with E-state index in [0.717, 1.165) is 5.56 Å². The number of anilines is 1. The van der Waals surface area contributed by atoms with Crippen molar-refractivity contribution < 1.29 is 8.42 Å². The fourth-order valence-electron chi connectivity index (χ4n) is 1.77. The molecule has 0 saturated heterocycles. The Kier molecular flexibility index (Phi) is 4.19. The Hall–Kier alpha value is -1.85. The van der Waals surface area contributed by atoms with Gasteiger partial charge in [-0.15, -0.1) is 0 Å². The van der Waals surface area contributed by atoms with Crippen LogP contribution in [0, 0.1) is 0 Å². The Labute approximate surface area is 113 Å². The second kappa shape index (κ2) is 5.86. The highest BCUT2D eigenvalue weighted by molar-refractivity contribution is 7.92. The minimum Gasteiger partial charge on any atom is -0.316 e. The van der Waals surface area contributed by atoms with Crippen LogP contribution in [0.2, 0.25) is 0 Å². The highest BCUT2D eigenvalue weighted by Crippen LogP contribution is 2.19. The summed E-state index contributed by atoms with van der Waals surface area (Å²) in [4.78, 5) is 0.259. The molecular weight excluding hydrogens is 260 g/mol. The second-order valence-corrected chi connectivity index (χ2v) is 5.79. The third-order valence-electron chi connectivity index (χ3n) is 2.68. The van der Waals surface area contributed by atoms with E-state index in [1.54, 1.807) is 36.4 Å². The molecule has 0 unspecified atom stereocenters. The lowest BCUT2D eigenvalue weighted by molar-refractivity contribution is 0.601. The zero-order valence-electron chi connectivity index (χ0n) is 10.6. The maximum Gasteiger partial charge on any atom is 0.261 e. The van der Waals surface area contributed by atoms with E-state index in [2.05, 4.69) is 10.0 Å². The molecule has 0 heterocycles. The van der Waals surface area contributed by atoms with Crippen LogP contribution in [0.15, 0.2) is 59.5 Å². The Bertz CT molecular complexity index is 640. The first-order valence-electron chi connectivity index (χ1n) is 5.94. The van der Waals surface area contributed by atoms with Gasteiger partial charge in [-0.25, -0.2) is 8.42 Å². The first-order chi connectivity index (χ1) is 9.13. The van der Waals surface area contributed by atoms with Crippen molar-refractivity contribution in [3.8, 4) is 0 Å². The van der Waals surface area contributed by atoms with Crippen molar-refractivity contribution in [1.29, 1.82) is 0 Å². The van der Waals surface area contributed by atoms with Crippen LogP contribution in [0.3, 0.4) is 0 Å². The van der Waals surface area contributed by atoms with E-state index >= 15 is 0 Å². The minimum atomic E-state index is -3.53. The third kappa shape index (κ3) is 3.33. The number of benzene rings is 2. The molecule has 0 saturated carbocycles. The third-order valence-corrected chi connectivity index (χ3v) is 4.06. The Morgan fingerprint density at radius 1 is 0.947 bits per heavy atom. The van der Waals surface area contributed by atoms with E-state index in [0.29, 0.717) is 12.2 Å². The average molecular weight is 276 g/mol. The smallest absolute Gasteiger partial charge is 0.261 e. The molecular formula is C14H16N2O2S. The van der Waals surface area contributed by atoms with Crippen LogP contribution in [0.25, 0.3) is 0 Å². The summed E-state index contributed by atoms with van der Waals surface area (Å²) in [5, 5.41) is 3.02. The summed E-state index contributed by atoms with van der Waals surface area (Å²) in [5.74, 6) is 0. The monoisotopic (exact) mass is 276 g/mol. The predicted octanol–water partition coefficient (Wildman–Crippen LogP) is 2.21. The number of nitrogens with one attached hydrogen (secondary N) is 2. The molecule has 4 nitrogen and oxygen atoms in total. The molecule has 0 radical (unpaired) electrons. The molecule has 2 aromatic rings. The Morgan fingerprint density at radius 2 is 1.58 bits per heavy atom. The summed E-state index contributed by atoms with van der Waals surface area (Å²) in [5.41, 5.74) is 1.50. The summed E-state index contributed by atoms with van der Waals surface area (Å²) in [6, 6.07) is 15.7. The SMILES string of the molecule is CNCc1ccccc1NS(=O)(=O)c1ccccc1. The average Bonchev–Trinajstić information content (AvgIpc) is 2.42. The van der Waals surface area contributed by atoms with Crippen molar-refractivity contribution >= 4 is 15.7 Å². The molecule has 2 N–H and O–H groups in total. The molecule has 0 aliphatic carbocycles. The molecule has 2 aromatic carbocycles. The van der Waals surface area contributed by atoms with E-state index in [9.17, 15) is 8.42 Å². The zero-order chi connectivity index (χ0) is 13.7.